The number of thiophene rings is 1. The molecule has 1 atom stereocenters. The summed E-state index contributed by atoms with van der Waals surface area (Å²) in [6.07, 6.45) is 1.10. The Balaban J connectivity index is 2.32. The maximum absolute atomic E-state index is 12.4. The quantitative estimate of drug-likeness (QED) is 0.923. The molecule has 1 heterocycles. The van der Waals surface area contributed by atoms with Crippen LogP contribution in [0.3, 0.4) is 0 Å². The number of nitrogens with zero attached hydrogens (tertiary/aromatic N) is 1. The summed E-state index contributed by atoms with van der Waals surface area (Å²) in [6.45, 7) is 7.20. The minimum Gasteiger partial charge on any atom is -0.479 e. The van der Waals surface area contributed by atoms with Gasteiger partial charge in [0.25, 0.3) is 0 Å². The third kappa shape index (κ3) is 3.75. The molecule has 6 heteroatoms. The van der Waals surface area contributed by atoms with E-state index in [0.29, 0.717) is 4.88 Å². The molecule has 21 heavy (non-hydrogen) atoms. The summed E-state index contributed by atoms with van der Waals surface area (Å²) >= 11 is 1.36. The molecule has 1 amide bonds. The van der Waals surface area contributed by atoms with E-state index in [9.17, 15) is 14.7 Å². The Morgan fingerprint density at radius 3 is 2.43 bits per heavy atom. The number of aliphatic carboxylic acids is 1. The van der Waals surface area contributed by atoms with Gasteiger partial charge in [-0.25, -0.2) is 9.59 Å². The lowest BCUT2D eigenvalue weighted by atomic mass is 10.1. The first kappa shape index (κ1) is 15.8. The van der Waals surface area contributed by atoms with Crippen molar-refractivity contribution in [2.45, 2.75) is 58.2 Å². The van der Waals surface area contributed by atoms with Crippen LogP contribution in [0.25, 0.3) is 0 Å². The fraction of sp³-hybridized carbons (Fsp3) is 0.600. The number of hydrogen-bond acceptors (Lipinski definition) is 4. The summed E-state index contributed by atoms with van der Waals surface area (Å²) in [5.41, 5.74) is 0.249. The topological polar surface area (TPSA) is 66.8 Å². The van der Waals surface area contributed by atoms with Crippen LogP contribution < -0.4 is 0 Å². The van der Waals surface area contributed by atoms with Crippen LogP contribution in [-0.4, -0.2) is 33.7 Å². The van der Waals surface area contributed by atoms with Gasteiger partial charge in [0.15, 0.2) is 6.04 Å². The second kappa shape index (κ2) is 5.67. The zero-order valence-corrected chi connectivity index (χ0v) is 13.6. The first-order valence-electron chi connectivity index (χ1n) is 6.99. The standard InChI is InChI=1S/C15H21NO4S/c1-9-7-8-21-12(9)11(13(17)18)16(10-5-6-10)14(19)20-15(2,3)4/h7-8,10-11H,5-6H2,1-4H3,(H,17,18). The maximum Gasteiger partial charge on any atom is 0.411 e. The van der Waals surface area contributed by atoms with Gasteiger partial charge in [-0.05, 0) is 57.5 Å². The molecule has 0 spiro atoms. The number of carboxylic acids is 1. The van der Waals surface area contributed by atoms with Crippen molar-refractivity contribution < 1.29 is 19.4 Å². The Hall–Kier alpha value is -1.56. The summed E-state index contributed by atoms with van der Waals surface area (Å²) in [5.74, 6) is -1.02. The predicted octanol–water partition coefficient (Wildman–Crippen LogP) is 3.58. The molecule has 0 aliphatic heterocycles. The largest absolute Gasteiger partial charge is 0.479 e. The lowest BCUT2D eigenvalue weighted by Gasteiger charge is -2.31. The van der Waals surface area contributed by atoms with E-state index >= 15 is 0 Å². The number of hydrogen-bond donors (Lipinski definition) is 1. The SMILES string of the molecule is Cc1ccsc1C(C(=O)O)N(C(=O)OC(C)(C)C)C1CC1. The van der Waals surface area contributed by atoms with Crippen molar-refractivity contribution in [1.82, 2.24) is 4.90 Å². The number of carbonyl (C=O) groups excluding carboxylic acids is 1. The van der Waals surface area contributed by atoms with Gasteiger partial charge in [-0.3, -0.25) is 4.90 Å². The van der Waals surface area contributed by atoms with Crippen LogP contribution in [0.1, 0.15) is 50.1 Å². The Kier molecular flexibility index (Phi) is 4.27. The van der Waals surface area contributed by atoms with Gasteiger partial charge >= 0.3 is 12.1 Å². The molecular weight excluding hydrogens is 290 g/mol. The summed E-state index contributed by atoms with van der Waals surface area (Å²) in [4.78, 5) is 26.3. The molecule has 1 aromatic heterocycles. The van der Waals surface area contributed by atoms with E-state index in [4.69, 9.17) is 4.74 Å². The zero-order chi connectivity index (χ0) is 15.8. The highest BCUT2D eigenvalue weighted by molar-refractivity contribution is 7.10. The molecule has 0 bridgehead atoms. The second-order valence-electron chi connectivity index (χ2n) is 6.33. The van der Waals surface area contributed by atoms with Crippen molar-refractivity contribution in [2.75, 3.05) is 0 Å². The van der Waals surface area contributed by atoms with Crippen LogP contribution in [0.5, 0.6) is 0 Å². The maximum atomic E-state index is 12.4. The number of amides is 1. The molecule has 1 unspecified atom stereocenters. The lowest BCUT2D eigenvalue weighted by molar-refractivity contribution is -0.143. The average Bonchev–Trinajstić information content (AvgIpc) is 3.06. The third-order valence-electron chi connectivity index (χ3n) is 3.21. The highest BCUT2D eigenvalue weighted by Gasteiger charge is 2.44. The van der Waals surface area contributed by atoms with E-state index in [1.54, 1.807) is 20.8 Å². The molecule has 1 aliphatic carbocycles. The predicted molar refractivity (Wildman–Crippen MR) is 80.5 cm³/mol. The van der Waals surface area contributed by atoms with E-state index in [0.717, 1.165) is 18.4 Å². The molecule has 116 valence electrons. The summed E-state index contributed by atoms with van der Waals surface area (Å²) in [5, 5.41) is 11.5. The zero-order valence-electron chi connectivity index (χ0n) is 12.8. The minimum absolute atomic E-state index is 0.0394. The molecule has 1 aromatic rings. The number of aryl methyl sites for hydroxylation is 1. The van der Waals surface area contributed by atoms with Gasteiger partial charge in [0, 0.05) is 10.9 Å². The highest BCUT2D eigenvalue weighted by Crippen LogP contribution is 2.38. The summed E-state index contributed by atoms with van der Waals surface area (Å²) in [7, 11) is 0. The third-order valence-corrected chi connectivity index (χ3v) is 4.28. The van der Waals surface area contributed by atoms with Gasteiger partial charge in [0.1, 0.15) is 5.60 Å². The van der Waals surface area contributed by atoms with Crippen molar-refractivity contribution in [1.29, 1.82) is 0 Å². The summed E-state index contributed by atoms with van der Waals surface area (Å²) in [6, 6.07) is 0.866. The summed E-state index contributed by atoms with van der Waals surface area (Å²) < 4.78 is 5.40. The fourth-order valence-electron chi connectivity index (χ4n) is 2.15. The Morgan fingerprint density at radius 2 is 2.05 bits per heavy atom. The van der Waals surface area contributed by atoms with Gasteiger partial charge in [-0.2, -0.15) is 0 Å². The lowest BCUT2D eigenvalue weighted by Crippen LogP contribution is -2.43. The Morgan fingerprint density at radius 1 is 1.43 bits per heavy atom. The van der Waals surface area contributed by atoms with Crippen LogP contribution >= 0.6 is 11.3 Å². The number of ether oxygens (including phenoxy) is 1. The van der Waals surface area contributed by atoms with Crippen LogP contribution in [0.15, 0.2) is 11.4 Å². The molecule has 0 aromatic carbocycles. The molecule has 0 radical (unpaired) electrons. The Labute approximate surface area is 128 Å². The highest BCUT2D eigenvalue weighted by atomic mass is 32.1. The fourth-order valence-corrected chi connectivity index (χ4v) is 3.17. The van der Waals surface area contributed by atoms with Crippen molar-refractivity contribution in [3.05, 3.63) is 21.9 Å². The molecule has 1 aliphatic rings. The van der Waals surface area contributed by atoms with Crippen LogP contribution in [0.2, 0.25) is 0 Å². The molecule has 5 nitrogen and oxygen atoms in total. The molecule has 1 saturated carbocycles. The smallest absolute Gasteiger partial charge is 0.411 e. The van der Waals surface area contributed by atoms with Gasteiger partial charge in [-0.15, -0.1) is 11.3 Å². The van der Waals surface area contributed by atoms with Gasteiger partial charge < -0.3 is 9.84 Å². The first-order chi connectivity index (χ1) is 9.70. The van der Waals surface area contributed by atoms with E-state index in [1.807, 2.05) is 18.4 Å². The molecule has 1 fully saturated rings. The number of carbonyl (C=O) groups is 2. The first-order valence-corrected chi connectivity index (χ1v) is 7.87. The van der Waals surface area contributed by atoms with Gasteiger partial charge in [-0.1, -0.05) is 0 Å². The van der Waals surface area contributed by atoms with Gasteiger partial charge in [0.2, 0.25) is 0 Å². The van der Waals surface area contributed by atoms with Crippen LogP contribution in [-0.2, 0) is 9.53 Å². The molecule has 2 rings (SSSR count). The minimum atomic E-state index is -1.02. The molecule has 0 saturated heterocycles. The van der Waals surface area contributed by atoms with E-state index in [-0.39, 0.29) is 6.04 Å². The normalized spacial score (nSPS) is 16.4. The number of carboxylic acid groups (broad SMARTS) is 1. The van der Waals surface area contributed by atoms with E-state index in [1.165, 1.54) is 16.2 Å². The van der Waals surface area contributed by atoms with E-state index in [2.05, 4.69) is 0 Å². The van der Waals surface area contributed by atoms with Crippen molar-refractivity contribution >= 4 is 23.4 Å². The van der Waals surface area contributed by atoms with Crippen molar-refractivity contribution in [3.63, 3.8) is 0 Å². The monoisotopic (exact) mass is 311 g/mol. The molecule has 1 N–H and O–H groups in total. The van der Waals surface area contributed by atoms with Gasteiger partial charge in [0.05, 0.1) is 0 Å². The molecular formula is C15H21NO4S. The van der Waals surface area contributed by atoms with Crippen molar-refractivity contribution in [2.24, 2.45) is 0 Å². The average molecular weight is 311 g/mol. The second-order valence-corrected chi connectivity index (χ2v) is 7.28. The Bertz CT molecular complexity index is 542. The van der Waals surface area contributed by atoms with Crippen LogP contribution in [0, 0.1) is 6.92 Å². The van der Waals surface area contributed by atoms with Crippen molar-refractivity contribution in [3.8, 4) is 0 Å². The van der Waals surface area contributed by atoms with E-state index < -0.39 is 23.7 Å². The van der Waals surface area contributed by atoms with Crippen LogP contribution in [0.4, 0.5) is 4.79 Å². The number of rotatable bonds is 4.